The van der Waals surface area contributed by atoms with Crippen LogP contribution in [-0.2, 0) is 4.79 Å². The lowest BCUT2D eigenvalue weighted by Gasteiger charge is -2.16. The highest BCUT2D eigenvalue weighted by Crippen LogP contribution is 2.24. The highest BCUT2D eigenvalue weighted by molar-refractivity contribution is 6.01. The summed E-state index contributed by atoms with van der Waals surface area (Å²) < 4.78 is 0. The van der Waals surface area contributed by atoms with Gasteiger partial charge in [-0.1, -0.05) is 67.6 Å². The van der Waals surface area contributed by atoms with Crippen molar-refractivity contribution in [1.82, 2.24) is 5.43 Å². The summed E-state index contributed by atoms with van der Waals surface area (Å²) in [5, 5.41) is 13.8. The van der Waals surface area contributed by atoms with E-state index in [1.165, 1.54) is 0 Å². The molecule has 0 fully saturated rings. The van der Waals surface area contributed by atoms with Crippen LogP contribution in [0.4, 0.5) is 0 Å². The van der Waals surface area contributed by atoms with E-state index in [1.807, 2.05) is 67.6 Å². The monoisotopic (exact) mass is 358 g/mol. The van der Waals surface area contributed by atoms with Crippen molar-refractivity contribution in [2.75, 3.05) is 0 Å². The summed E-state index contributed by atoms with van der Waals surface area (Å²) in [5.41, 5.74) is 6.18. The molecule has 3 aromatic carbocycles. The van der Waals surface area contributed by atoms with E-state index < -0.39 is 5.92 Å². The number of amides is 1. The zero-order valence-corrected chi connectivity index (χ0v) is 15.2. The van der Waals surface area contributed by atoms with E-state index in [9.17, 15) is 9.90 Å². The highest BCUT2D eigenvalue weighted by Gasteiger charge is 2.22. The lowest BCUT2D eigenvalue weighted by molar-refractivity contribution is -0.121. The van der Waals surface area contributed by atoms with Crippen molar-refractivity contribution in [1.29, 1.82) is 0 Å². The second-order valence-electron chi connectivity index (χ2n) is 6.19. The molecule has 4 nitrogen and oxygen atoms in total. The summed E-state index contributed by atoms with van der Waals surface area (Å²) in [6, 6.07) is 26.1. The fourth-order valence-electron chi connectivity index (χ4n) is 2.97. The molecule has 0 saturated heterocycles. The maximum atomic E-state index is 13.0. The first kappa shape index (κ1) is 18.4. The number of hydrogen-bond acceptors (Lipinski definition) is 3. The molecule has 4 heteroatoms. The summed E-state index contributed by atoms with van der Waals surface area (Å²) in [6.45, 7) is 1.98. The lowest BCUT2D eigenvalue weighted by atomic mass is 9.91. The second kappa shape index (κ2) is 8.81. The molecule has 0 atom stereocenters. The average Bonchev–Trinajstić information content (AvgIpc) is 2.71. The van der Waals surface area contributed by atoms with Gasteiger partial charge in [0.05, 0.1) is 11.6 Å². The zero-order valence-electron chi connectivity index (χ0n) is 15.2. The Hall–Kier alpha value is -3.40. The first-order chi connectivity index (χ1) is 13.2. The summed E-state index contributed by atoms with van der Waals surface area (Å²) in [5.74, 6) is -0.419. The topological polar surface area (TPSA) is 61.7 Å². The maximum absolute atomic E-state index is 13.0. The highest BCUT2D eigenvalue weighted by atomic mass is 16.3. The van der Waals surface area contributed by atoms with E-state index in [2.05, 4.69) is 10.5 Å². The Morgan fingerprint density at radius 2 is 1.41 bits per heavy atom. The molecule has 0 saturated carbocycles. The number of phenols is 1. The number of hydrazone groups is 1. The van der Waals surface area contributed by atoms with Crippen LogP contribution in [0.2, 0.25) is 0 Å². The van der Waals surface area contributed by atoms with Crippen LogP contribution in [0.5, 0.6) is 5.75 Å². The fraction of sp³-hybridized carbons (Fsp3) is 0.130. The first-order valence-electron chi connectivity index (χ1n) is 8.94. The van der Waals surface area contributed by atoms with Crippen LogP contribution in [-0.4, -0.2) is 16.7 Å². The van der Waals surface area contributed by atoms with Crippen molar-refractivity contribution < 1.29 is 9.90 Å². The molecule has 0 unspecified atom stereocenters. The quantitative estimate of drug-likeness (QED) is 0.505. The van der Waals surface area contributed by atoms with Gasteiger partial charge in [-0.3, -0.25) is 4.79 Å². The van der Waals surface area contributed by atoms with Crippen LogP contribution in [0.3, 0.4) is 0 Å². The minimum absolute atomic E-state index is 0.183. The molecule has 3 aromatic rings. The molecule has 0 spiro atoms. The summed E-state index contributed by atoms with van der Waals surface area (Å²) in [7, 11) is 0. The van der Waals surface area contributed by atoms with Gasteiger partial charge < -0.3 is 5.11 Å². The molecule has 0 aliphatic heterocycles. The number of carbonyl (C=O) groups is 1. The zero-order chi connectivity index (χ0) is 19.1. The standard InChI is InChI=1S/C23H22N2O2/c1-2-21(17-13-15-20(26)16-14-17)24-25-23(27)22(18-9-5-3-6-10-18)19-11-7-4-8-12-19/h3-16,22,26H,2H2,1H3,(H,25,27)/b24-21+. The van der Waals surface area contributed by atoms with Crippen LogP contribution in [0.1, 0.15) is 36.0 Å². The van der Waals surface area contributed by atoms with Gasteiger partial charge in [0.1, 0.15) is 5.75 Å². The number of aromatic hydroxyl groups is 1. The summed E-state index contributed by atoms with van der Waals surface area (Å²) in [6.07, 6.45) is 0.659. The third-order valence-electron chi connectivity index (χ3n) is 4.36. The first-order valence-corrected chi connectivity index (χ1v) is 8.94. The molecule has 136 valence electrons. The van der Waals surface area contributed by atoms with Gasteiger partial charge in [-0.2, -0.15) is 5.10 Å². The molecule has 1 amide bonds. The van der Waals surface area contributed by atoms with Crippen molar-refractivity contribution >= 4 is 11.6 Å². The van der Waals surface area contributed by atoms with Gasteiger partial charge in [0, 0.05) is 0 Å². The molecule has 0 radical (unpaired) electrons. The van der Waals surface area contributed by atoms with E-state index in [4.69, 9.17) is 0 Å². The average molecular weight is 358 g/mol. The van der Waals surface area contributed by atoms with E-state index in [1.54, 1.807) is 24.3 Å². The van der Waals surface area contributed by atoms with Crippen molar-refractivity contribution in [2.45, 2.75) is 19.3 Å². The number of nitrogens with one attached hydrogen (secondary N) is 1. The smallest absolute Gasteiger partial charge is 0.252 e. The van der Waals surface area contributed by atoms with Gasteiger partial charge in [0.2, 0.25) is 0 Å². The van der Waals surface area contributed by atoms with Crippen molar-refractivity contribution in [3.8, 4) is 5.75 Å². The van der Waals surface area contributed by atoms with Gasteiger partial charge in [-0.15, -0.1) is 0 Å². The largest absolute Gasteiger partial charge is 0.508 e. The van der Waals surface area contributed by atoms with Crippen LogP contribution >= 0.6 is 0 Å². The number of benzene rings is 3. The Morgan fingerprint density at radius 3 is 1.89 bits per heavy atom. The van der Waals surface area contributed by atoms with Gasteiger partial charge >= 0.3 is 0 Å². The Balaban J connectivity index is 1.87. The minimum atomic E-state index is -0.436. The molecule has 0 bridgehead atoms. The Labute approximate surface area is 159 Å². The fourth-order valence-corrected chi connectivity index (χ4v) is 2.97. The number of carbonyl (C=O) groups excluding carboxylic acids is 1. The molecule has 0 aliphatic carbocycles. The van der Waals surface area contributed by atoms with E-state index in [0.29, 0.717) is 6.42 Å². The molecular formula is C23H22N2O2. The lowest BCUT2D eigenvalue weighted by Crippen LogP contribution is -2.27. The normalized spacial score (nSPS) is 11.4. The minimum Gasteiger partial charge on any atom is -0.508 e. The van der Waals surface area contributed by atoms with Crippen LogP contribution in [0.15, 0.2) is 90.0 Å². The second-order valence-corrected chi connectivity index (χ2v) is 6.19. The van der Waals surface area contributed by atoms with Crippen LogP contribution in [0, 0.1) is 0 Å². The molecular weight excluding hydrogens is 336 g/mol. The maximum Gasteiger partial charge on any atom is 0.252 e. The van der Waals surface area contributed by atoms with Gasteiger partial charge in [-0.05, 0) is 47.4 Å². The number of hydrogen-bond donors (Lipinski definition) is 2. The SMILES string of the molecule is CC/C(=N\NC(=O)C(c1ccccc1)c1ccccc1)c1ccc(O)cc1. The van der Waals surface area contributed by atoms with Crippen molar-refractivity contribution in [2.24, 2.45) is 5.10 Å². The van der Waals surface area contributed by atoms with E-state index in [-0.39, 0.29) is 11.7 Å². The Morgan fingerprint density at radius 1 is 0.889 bits per heavy atom. The number of nitrogens with zero attached hydrogens (tertiary/aromatic N) is 1. The van der Waals surface area contributed by atoms with E-state index in [0.717, 1.165) is 22.4 Å². The van der Waals surface area contributed by atoms with Crippen LogP contribution in [0.25, 0.3) is 0 Å². The van der Waals surface area contributed by atoms with Crippen molar-refractivity contribution in [3.63, 3.8) is 0 Å². The van der Waals surface area contributed by atoms with E-state index >= 15 is 0 Å². The van der Waals surface area contributed by atoms with Gasteiger partial charge in [-0.25, -0.2) is 5.43 Å². The Kier molecular flexibility index (Phi) is 6.00. The molecule has 3 rings (SSSR count). The number of rotatable bonds is 6. The van der Waals surface area contributed by atoms with Crippen LogP contribution < -0.4 is 5.43 Å². The molecule has 0 aromatic heterocycles. The van der Waals surface area contributed by atoms with Crippen molar-refractivity contribution in [3.05, 3.63) is 102 Å². The summed E-state index contributed by atoms with van der Waals surface area (Å²) in [4.78, 5) is 13.0. The molecule has 2 N–H and O–H groups in total. The van der Waals surface area contributed by atoms with Gasteiger partial charge in [0.15, 0.2) is 0 Å². The third-order valence-corrected chi connectivity index (χ3v) is 4.36. The van der Waals surface area contributed by atoms with Gasteiger partial charge in [0.25, 0.3) is 5.91 Å². The number of phenolic OH excluding ortho intramolecular Hbond substituents is 1. The Bertz CT molecular complexity index is 865. The molecule has 27 heavy (non-hydrogen) atoms. The molecule has 0 aliphatic rings. The summed E-state index contributed by atoms with van der Waals surface area (Å²) >= 11 is 0. The predicted octanol–water partition coefficient (Wildman–Crippen LogP) is 4.45. The predicted molar refractivity (Wildman–Crippen MR) is 108 cm³/mol. The third kappa shape index (κ3) is 4.61. The molecule has 0 heterocycles.